The number of nitrogens with zero attached hydrogens (tertiary/aromatic N) is 4. The lowest BCUT2D eigenvalue weighted by atomic mass is 10.1. The van der Waals surface area contributed by atoms with Crippen LogP contribution in [0.1, 0.15) is 29.8 Å². The fourth-order valence-electron chi connectivity index (χ4n) is 3.40. The summed E-state index contributed by atoms with van der Waals surface area (Å²) in [6.07, 6.45) is 0. The maximum atomic E-state index is 12.5. The Bertz CT molecular complexity index is 1350. The number of hydrogen-bond acceptors (Lipinski definition) is 6. The highest BCUT2D eigenvalue weighted by molar-refractivity contribution is 6.04. The number of nitro benzene ring substituents is 1. The number of benzene rings is 3. The van der Waals surface area contributed by atoms with E-state index >= 15 is 0 Å². The Kier molecular flexibility index (Phi) is 6.86. The summed E-state index contributed by atoms with van der Waals surface area (Å²) in [5, 5.41) is 18.2. The Hall–Kier alpha value is -4.53. The van der Waals surface area contributed by atoms with Crippen LogP contribution in [0.4, 0.5) is 11.4 Å². The van der Waals surface area contributed by atoms with Gasteiger partial charge in [0.25, 0.3) is 11.6 Å². The van der Waals surface area contributed by atoms with E-state index in [-0.39, 0.29) is 11.6 Å². The molecule has 4 rings (SSSR count). The van der Waals surface area contributed by atoms with E-state index in [1.54, 1.807) is 16.8 Å². The first-order chi connectivity index (χ1) is 16.8. The van der Waals surface area contributed by atoms with Gasteiger partial charge in [-0.1, -0.05) is 38.1 Å². The van der Waals surface area contributed by atoms with E-state index < -0.39 is 4.92 Å². The number of carbonyl (C=O) groups excluding carboxylic acids is 1. The summed E-state index contributed by atoms with van der Waals surface area (Å²) in [7, 11) is 0. The number of anilines is 1. The SMILES string of the molecule is Cc1ccccc1-c1nc(OCC(C)C)nn1-c1ccc(NC(=O)c2ccc([N+](=O)[O-])cc2)cc1. The van der Waals surface area contributed by atoms with Gasteiger partial charge in [0.2, 0.25) is 0 Å². The molecule has 0 aliphatic rings. The van der Waals surface area contributed by atoms with Crippen LogP contribution < -0.4 is 10.1 Å². The molecule has 0 aliphatic heterocycles. The average molecular weight is 472 g/mol. The molecular formula is C26H25N5O4. The minimum Gasteiger partial charge on any atom is -0.462 e. The highest BCUT2D eigenvalue weighted by Crippen LogP contribution is 2.27. The molecule has 0 atom stereocenters. The second kappa shape index (κ2) is 10.2. The fourth-order valence-corrected chi connectivity index (χ4v) is 3.40. The molecule has 0 unspecified atom stereocenters. The normalized spacial score (nSPS) is 10.9. The van der Waals surface area contributed by atoms with Crippen molar-refractivity contribution in [3.05, 3.63) is 94.0 Å². The monoisotopic (exact) mass is 471 g/mol. The topological polar surface area (TPSA) is 112 Å². The van der Waals surface area contributed by atoms with E-state index in [2.05, 4.69) is 29.2 Å². The maximum absolute atomic E-state index is 12.5. The fraction of sp³-hybridized carbons (Fsp3) is 0.192. The van der Waals surface area contributed by atoms with Crippen LogP contribution in [-0.4, -0.2) is 32.2 Å². The first-order valence-electron chi connectivity index (χ1n) is 11.1. The highest BCUT2D eigenvalue weighted by Gasteiger charge is 2.17. The minimum absolute atomic E-state index is 0.0695. The molecule has 0 radical (unpaired) electrons. The zero-order valence-corrected chi connectivity index (χ0v) is 19.6. The van der Waals surface area contributed by atoms with Crippen molar-refractivity contribution in [2.24, 2.45) is 5.92 Å². The first-order valence-corrected chi connectivity index (χ1v) is 11.1. The number of nitrogens with one attached hydrogen (secondary N) is 1. The average Bonchev–Trinajstić information content (AvgIpc) is 3.27. The maximum Gasteiger partial charge on any atom is 0.336 e. The molecule has 1 aromatic heterocycles. The second-order valence-corrected chi connectivity index (χ2v) is 8.45. The van der Waals surface area contributed by atoms with Crippen LogP contribution in [0.5, 0.6) is 6.01 Å². The van der Waals surface area contributed by atoms with E-state index in [0.717, 1.165) is 16.8 Å². The molecule has 0 bridgehead atoms. The predicted octanol–water partition coefficient (Wildman–Crippen LogP) is 5.44. The quantitative estimate of drug-likeness (QED) is 0.271. The molecule has 0 fully saturated rings. The van der Waals surface area contributed by atoms with Gasteiger partial charge in [-0.25, -0.2) is 4.68 Å². The Balaban J connectivity index is 1.58. The summed E-state index contributed by atoms with van der Waals surface area (Å²) in [6.45, 7) is 6.64. The van der Waals surface area contributed by atoms with Crippen molar-refractivity contribution < 1.29 is 14.5 Å². The number of rotatable bonds is 8. The first kappa shape index (κ1) is 23.6. The summed E-state index contributed by atoms with van der Waals surface area (Å²) in [6, 6.07) is 20.8. The molecule has 4 aromatic rings. The van der Waals surface area contributed by atoms with Crippen LogP contribution in [-0.2, 0) is 0 Å². The molecule has 1 N–H and O–H groups in total. The number of aromatic nitrogens is 3. The summed E-state index contributed by atoms with van der Waals surface area (Å²) in [5.41, 5.74) is 3.58. The van der Waals surface area contributed by atoms with Gasteiger partial charge in [-0.3, -0.25) is 14.9 Å². The van der Waals surface area contributed by atoms with Crippen LogP contribution in [0.3, 0.4) is 0 Å². The van der Waals surface area contributed by atoms with Crippen LogP contribution in [0.2, 0.25) is 0 Å². The summed E-state index contributed by atoms with van der Waals surface area (Å²) >= 11 is 0. The van der Waals surface area contributed by atoms with Gasteiger partial charge in [-0.15, -0.1) is 5.10 Å². The molecule has 0 spiro atoms. The van der Waals surface area contributed by atoms with Gasteiger partial charge in [0.1, 0.15) is 0 Å². The van der Waals surface area contributed by atoms with Gasteiger partial charge in [0.05, 0.1) is 17.2 Å². The molecule has 1 heterocycles. The third kappa shape index (κ3) is 5.52. The number of carbonyl (C=O) groups is 1. The van der Waals surface area contributed by atoms with Gasteiger partial charge in [-0.05, 0) is 54.8 Å². The predicted molar refractivity (Wildman–Crippen MR) is 133 cm³/mol. The largest absolute Gasteiger partial charge is 0.462 e. The molecule has 9 nitrogen and oxygen atoms in total. The molecule has 1 amide bonds. The van der Waals surface area contributed by atoms with Crippen molar-refractivity contribution in [3.63, 3.8) is 0 Å². The minimum atomic E-state index is -0.505. The molecular weight excluding hydrogens is 446 g/mol. The van der Waals surface area contributed by atoms with E-state index in [4.69, 9.17) is 4.74 Å². The zero-order chi connectivity index (χ0) is 24.9. The number of nitro groups is 1. The van der Waals surface area contributed by atoms with Gasteiger partial charge in [0, 0.05) is 28.9 Å². The second-order valence-electron chi connectivity index (χ2n) is 8.45. The van der Waals surface area contributed by atoms with Crippen LogP contribution in [0.25, 0.3) is 17.1 Å². The summed E-state index contributed by atoms with van der Waals surface area (Å²) in [5.74, 6) is 0.630. The summed E-state index contributed by atoms with van der Waals surface area (Å²) < 4.78 is 7.50. The van der Waals surface area contributed by atoms with Crippen molar-refractivity contribution >= 4 is 17.3 Å². The van der Waals surface area contributed by atoms with E-state index in [9.17, 15) is 14.9 Å². The van der Waals surface area contributed by atoms with Crippen molar-refractivity contribution in [1.82, 2.24) is 14.8 Å². The lowest BCUT2D eigenvalue weighted by molar-refractivity contribution is -0.384. The highest BCUT2D eigenvalue weighted by atomic mass is 16.6. The van der Waals surface area contributed by atoms with E-state index in [1.165, 1.54) is 24.3 Å². The number of non-ortho nitro benzene ring substituents is 1. The van der Waals surface area contributed by atoms with Gasteiger partial charge < -0.3 is 10.1 Å². The molecule has 9 heteroatoms. The molecule has 178 valence electrons. The molecule has 3 aromatic carbocycles. The van der Waals surface area contributed by atoms with Crippen LogP contribution >= 0.6 is 0 Å². The molecule has 0 aliphatic carbocycles. The van der Waals surface area contributed by atoms with E-state index in [0.29, 0.717) is 35.6 Å². The van der Waals surface area contributed by atoms with Gasteiger partial charge >= 0.3 is 6.01 Å². The van der Waals surface area contributed by atoms with E-state index in [1.807, 2.05) is 43.3 Å². The molecule has 0 saturated carbocycles. The third-order valence-electron chi connectivity index (χ3n) is 5.23. The summed E-state index contributed by atoms with van der Waals surface area (Å²) in [4.78, 5) is 27.5. The van der Waals surface area contributed by atoms with Crippen molar-refractivity contribution in [1.29, 1.82) is 0 Å². The number of ether oxygens (including phenoxy) is 1. The standard InChI is InChI=1S/C26H25N5O4/c1-17(2)16-35-26-28-24(23-7-5-4-6-18(23)3)30(29-26)21-14-10-20(11-15-21)27-25(32)19-8-12-22(13-9-19)31(33)34/h4-15,17H,16H2,1-3H3,(H,27,32). The van der Waals surface area contributed by atoms with Crippen LogP contribution in [0.15, 0.2) is 72.8 Å². The number of aryl methyl sites for hydroxylation is 1. The van der Waals surface area contributed by atoms with Crippen molar-refractivity contribution in [2.45, 2.75) is 20.8 Å². The lowest BCUT2D eigenvalue weighted by Gasteiger charge is -2.09. The Morgan fingerprint density at radius 2 is 1.74 bits per heavy atom. The Labute approximate surface area is 202 Å². The van der Waals surface area contributed by atoms with Crippen molar-refractivity contribution in [2.75, 3.05) is 11.9 Å². The van der Waals surface area contributed by atoms with Crippen molar-refractivity contribution in [3.8, 4) is 23.1 Å². The zero-order valence-electron chi connectivity index (χ0n) is 19.6. The molecule has 35 heavy (non-hydrogen) atoms. The number of hydrogen-bond donors (Lipinski definition) is 1. The number of amides is 1. The third-order valence-corrected chi connectivity index (χ3v) is 5.23. The van der Waals surface area contributed by atoms with Gasteiger partial charge in [-0.2, -0.15) is 4.98 Å². The van der Waals surface area contributed by atoms with Crippen LogP contribution in [0, 0.1) is 23.0 Å². The molecule has 0 saturated heterocycles. The van der Waals surface area contributed by atoms with Gasteiger partial charge in [0.15, 0.2) is 5.82 Å². The Morgan fingerprint density at radius 3 is 2.37 bits per heavy atom. The Morgan fingerprint density at radius 1 is 1.06 bits per heavy atom. The smallest absolute Gasteiger partial charge is 0.336 e. The lowest BCUT2D eigenvalue weighted by Crippen LogP contribution is -2.12.